The first kappa shape index (κ1) is 22.4. The van der Waals surface area contributed by atoms with Crippen molar-refractivity contribution in [1.82, 2.24) is 10.6 Å². The smallest absolute Gasteiger partial charge is 0.405 e. The summed E-state index contributed by atoms with van der Waals surface area (Å²) in [6.45, 7) is 7.42. The third-order valence-corrected chi connectivity index (χ3v) is 6.41. The van der Waals surface area contributed by atoms with Crippen molar-refractivity contribution in [3.05, 3.63) is 29.6 Å². The van der Waals surface area contributed by atoms with Gasteiger partial charge in [-0.1, -0.05) is 46.0 Å². The molecule has 1 aliphatic carbocycles. The van der Waals surface area contributed by atoms with E-state index >= 15 is 0 Å². The quantitative estimate of drug-likeness (QED) is 0.623. The largest absolute Gasteiger partial charge is 0.465 e. The van der Waals surface area contributed by atoms with Crippen LogP contribution in [0.25, 0.3) is 0 Å². The summed E-state index contributed by atoms with van der Waals surface area (Å²) in [7, 11) is 0. The van der Waals surface area contributed by atoms with Crippen LogP contribution in [0.2, 0.25) is 0 Å². The van der Waals surface area contributed by atoms with E-state index < -0.39 is 12.1 Å². The van der Waals surface area contributed by atoms with Crippen LogP contribution in [0.4, 0.5) is 14.9 Å². The Bertz CT molecular complexity index is 777. The fraction of sp³-hybridized carbons (Fsp3) is 0.652. The number of nitrogens with one attached hydrogen (secondary N) is 2. The van der Waals surface area contributed by atoms with Crippen molar-refractivity contribution >= 4 is 17.7 Å². The maximum Gasteiger partial charge on any atom is 0.405 e. The average molecular weight is 420 g/mol. The van der Waals surface area contributed by atoms with Crippen LogP contribution in [0.15, 0.2) is 18.2 Å². The van der Waals surface area contributed by atoms with Gasteiger partial charge in [0.2, 0.25) is 5.91 Å². The molecule has 0 aromatic heterocycles. The number of benzene rings is 1. The highest BCUT2D eigenvalue weighted by atomic mass is 19.1. The topological polar surface area (TPSA) is 81.7 Å². The number of hydrogen-bond acceptors (Lipinski definition) is 3. The predicted molar refractivity (Wildman–Crippen MR) is 115 cm³/mol. The van der Waals surface area contributed by atoms with Gasteiger partial charge in [0.1, 0.15) is 11.9 Å². The Kier molecular flexibility index (Phi) is 6.88. The van der Waals surface area contributed by atoms with Gasteiger partial charge in [-0.15, -0.1) is 0 Å². The summed E-state index contributed by atoms with van der Waals surface area (Å²) < 4.78 is 13.7. The molecule has 30 heavy (non-hydrogen) atoms. The minimum Gasteiger partial charge on any atom is -0.465 e. The lowest BCUT2D eigenvalue weighted by atomic mass is 9.84. The number of nitrogens with zero attached hydrogens (tertiary/aromatic N) is 1. The van der Waals surface area contributed by atoms with Gasteiger partial charge in [-0.05, 0) is 43.0 Å². The van der Waals surface area contributed by atoms with Gasteiger partial charge in [0.15, 0.2) is 0 Å². The first-order valence-corrected chi connectivity index (χ1v) is 11.0. The minimum absolute atomic E-state index is 0.171. The van der Waals surface area contributed by atoms with Gasteiger partial charge < -0.3 is 20.6 Å². The SMILES string of the molecule is C[C@@H](CN1CC(C)(C)c2cc(F)ccc21)NC(=O)[C@H](CC1CCCCC1)NC(=O)O. The lowest BCUT2D eigenvalue weighted by molar-refractivity contribution is -0.124. The average Bonchev–Trinajstić information content (AvgIpc) is 2.91. The molecular weight excluding hydrogens is 385 g/mol. The predicted octanol–water partition coefficient (Wildman–Crippen LogP) is 4.03. The second-order valence-corrected chi connectivity index (χ2v) is 9.58. The molecule has 2 amide bonds. The molecule has 0 unspecified atom stereocenters. The molecule has 1 fully saturated rings. The van der Waals surface area contributed by atoms with Crippen molar-refractivity contribution in [2.24, 2.45) is 5.92 Å². The lowest BCUT2D eigenvalue weighted by Gasteiger charge is -2.29. The highest BCUT2D eigenvalue weighted by Crippen LogP contribution is 2.40. The second kappa shape index (κ2) is 9.23. The molecule has 1 saturated carbocycles. The van der Waals surface area contributed by atoms with Gasteiger partial charge in [0.05, 0.1) is 0 Å². The molecule has 1 aliphatic heterocycles. The van der Waals surface area contributed by atoms with E-state index in [1.165, 1.54) is 12.5 Å². The van der Waals surface area contributed by atoms with Crippen LogP contribution < -0.4 is 15.5 Å². The zero-order chi connectivity index (χ0) is 21.9. The van der Waals surface area contributed by atoms with E-state index in [0.29, 0.717) is 18.9 Å². The second-order valence-electron chi connectivity index (χ2n) is 9.58. The first-order chi connectivity index (χ1) is 14.2. The summed E-state index contributed by atoms with van der Waals surface area (Å²) in [6.07, 6.45) is 4.99. The molecule has 1 aromatic rings. The normalized spacial score (nSPS) is 20.3. The van der Waals surface area contributed by atoms with Gasteiger partial charge in [0.25, 0.3) is 0 Å². The third kappa shape index (κ3) is 5.43. The lowest BCUT2D eigenvalue weighted by Crippen LogP contribution is -2.52. The van der Waals surface area contributed by atoms with E-state index in [-0.39, 0.29) is 23.2 Å². The molecule has 0 spiro atoms. The number of amides is 2. The Balaban J connectivity index is 1.62. The number of rotatable bonds is 7. The molecule has 166 valence electrons. The molecule has 2 atom stereocenters. The third-order valence-electron chi connectivity index (χ3n) is 6.41. The van der Waals surface area contributed by atoms with Crippen LogP contribution >= 0.6 is 0 Å². The van der Waals surface area contributed by atoms with Crippen LogP contribution in [0.1, 0.15) is 64.9 Å². The van der Waals surface area contributed by atoms with Gasteiger partial charge in [-0.3, -0.25) is 4.79 Å². The highest BCUT2D eigenvalue weighted by Gasteiger charge is 2.36. The maximum atomic E-state index is 13.7. The zero-order valence-corrected chi connectivity index (χ0v) is 18.2. The van der Waals surface area contributed by atoms with Crippen molar-refractivity contribution in [3.8, 4) is 0 Å². The first-order valence-electron chi connectivity index (χ1n) is 11.0. The van der Waals surface area contributed by atoms with E-state index in [1.807, 2.05) is 6.92 Å². The monoisotopic (exact) mass is 419 g/mol. The Morgan fingerprint density at radius 2 is 1.93 bits per heavy atom. The van der Waals surface area contributed by atoms with Crippen molar-refractivity contribution < 1.29 is 19.1 Å². The van der Waals surface area contributed by atoms with Gasteiger partial charge in [0, 0.05) is 30.2 Å². The number of carbonyl (C=O) groups excluding carboxylic acids is 1. The standard InChI is InChI=1S/C23H34FN3O3/c1-15(13-27-14-23(2,3)18-12-17(24)9-10-20(18)27)25-21(28)19(26-22(29)30)11-16-7-5-4-6-8-16/h9-10,12,15-16,19,26H,4-8,11,13-14H2,1-3H3,(H,25,28)(H,29,30)/t15-,19-/m0/s1. The molecule has 1 aromatic carbocycles. The number of halogens is 1. The summed E-state index contributed by atoms with van der Waals surface area (Å²) in [5.74, 6) is -0.124. The molecule has 6 nitrogen and oxygen atoms in total. The summed E-state index contributed by atoms with van der Waals surface area (Å²) in [4.78, 5) is 26.2. The Hall–Kier alpha value is -2.31. The molecule has 0 saturated heterocycles. The molecule has 0 radical (unpaired) electrons. The maximum absolute atomic E-state index is 13.7. The molecule has 1 heterocycles. The van der Waals surface area contributed by atoms with Crippen molar-refractivity contribution in [3.63, 3.8) is 0 Å². The summed E-state index contributed by atoms with van der Waals surface area (Å²) >= 11 is 0. The highest BCUT2D eigenvalue weighted by molar-refractivity contribution is 5.85. The fourth-order valence-electron chi connectivity index (χ4n) is 4.99. The molecule has 3 rings (SSSR count). The Labute approximate surface area is 178 Å². The van der Waals surface area contributed by atoms with Crippen LogP contribution in [0.3, 0.4) is 0 Å². The minimum atomic E-state index is -1.17. The Morgan fingerprint density at radius 1 is 1.23 bits per heavy atom. The van der Waals surface area contributed by atoms with Crippen molar-refractivity contribution in [2.45, 2.75) is 76.8 Å². The van der Waals surface area contributed by atoms with Crippen LogP contribution in [-0.4, -0.2) is 42.3 Å². The summed E-state index contributed by atoms with van der Waals surface area (Å²) in [5.41, 5.74) is 1.80. The molecular formula is C23H34FN3O3. The number of fused-ring (bicyclic) bond motifs is 1. The van der Waals surface area contributed by atoms with Gasteiger partial charge in [-0.2, -0.15) is 0 Å². The van der Waals surface area contributed by atoms with E-state index in [4.69, 9.17) is 0 Å². The van der Waals surface area contributed by atoms with E-state index in [9.17, 15) is 19.1 Å². The number of carboxylic acid groups (broad SMARTS) is 1. The van der Waals surface area contributed by atoms with E-state index in [0.717, 1.165) is 43.5 Å². The van der Waals surface area contributed by atoms with Crippen molar-refractivity contribution in [1.29, 1.82) is 0 Å². The summed E-state index contributed by atoms with van der Waals surface area (Å²) in [5, 5.41) is 14.6. The number of hydrogen-bond donors (Lipinski definition) is 3. The number of carbonyl (C=O) groups is 2. The molecule has 0 bridgehead atoms. The van der Waals surface area contributed by atoms with Crippen molar-refractivity contribution in [2.75, 3.05) is 18.0 Å². The number of anilines is 1. The molecule has 3 N–H and O–H groups in total. The molecule has 2 aliphatic rings. The van der Waals surface area contributed by atoms with Gasteiger partial charge in [-0.25, -0.2) is 9.18 Å². The van der Waals surface area contributed by atoms with Crippen LogP contribution in [-0.2, 0) is 10.2 Å². The molecule has 7 heteroatoms. The van der Waals surface area contributed by atoms with Gasteiger partial charge >= 0.3 is 6.09 Å². The summed E-state index contributed by atoms with van der Waals surface area (Å²) in [6, 6.07) is 3.95. The van der Waals surface area contributed by atoms with E-state index in [1.54, 1.807) is 12.1 Å². The fourth-order valence-corrected chi connectivity index (χ4v) is 4.99. The van der Waals surface area contributed by atoms with Crippen LogP contribution in [0, 0.1) is 11.7 Å². The van der Waals surface area contributed by atoms with Crippen LogP contribution in [0.5, 0.6) is 0 Å². The zero-order valence-electron chi connectivity index (χ0n) is 18.2. The Morgan fingerprint density at radius 3 is 2.60 bits per heavy atom. The van der Waals surface area contributed by atoms with E-state index in [2.05, 4.69) is 29.4 Å².